The molecule has 0 heterocycles. The number of hydrogen-bond acceptors (Lipinski definition) is 1. The van der Waals surface area contributed by atoms with Crippen LogP contribution < -0.4 is 0 Å². The van der Waals surface area contributed by atoms with Crippen LogP contribution in [-0.2, 0) is 0 Å². The number of unbranched alkanes of at least 4 members (excludes halogenated alkanes) is 1. The van der Waals surface area contributed by atoms with Crippen molar-refractivity contribution in [2.75, 3.05) is 5.75 Å². The van der Waals surface area contributed by atoms with Gasteiger partial charge >= 0.3 is 70.2 Å². The van der Waals surface area contributed by atoms with Gasteiger partial charge in [0, 0.05) is 0 Å². The monoisotopic (exact) mass is 248 g/mol. The molecular formula is C4H9STb. The molecule has 0 saturated carbocycles. The van der Waals surface area contributed by atoms with Crippen molar-refractivity contribution in [2.24, 2.45) is 0 Å². The van der Waals surface area contributed by atoms with Crippen molar-refractivity contribution in [1.29, 1.82) is 0 Å². The van der Waals surface area contributed by atoms with E-state index in [1.54, 1.807) is 0 Å². The first kappa shape index (κ1) is 7.64. The molecule has 0 spiro atoms. The van der Waals surface area contributed by atoms with Gasteiger partial charge in [0.25, 0.3) is 0 Å². The van der Waals surface area contributed by atoms with Crippen LogP contribution in [0.3, 0.4) is 0 Å². The molecule has 0 aliphatic heterocycles. The maximum absolute atomic E-state index is 4.05. The minimum absolute atomic E-state index is 1.05. The Labute approximate surface area is 69.4 Å². The first-order chi connectivity index (χ1) is 2.91. The molecule has 0 aliphatic rings. The fraction of sp³-hybridized carbons (Fsp3) is 1.00. The molecular weight excluding hydrogens is 239 g/mol. The Morgan fingerprint density at radius 1 is 1.33 bits per heavy atom. The van der Waals surface area contributed by atoms with Gasteiger partial charge in [-0.15, -0.1) is 0 Å². The van der Waals surface area contributed by atoms with Crippen molar-refractivity contribution in [3.05, 3.63) is 0 Å². The van der Waals surface area contributed by atoms with Gasteiger partial charge in [-0.05, 0) is 0 Å². The van der Waals surface area contributed by atoms with Crippen LogP contribution in [0.15, 0.2) is 0 Å². The Morgan fingerprint density at radius 2 is 2.00 bits per heavy atom. The Morgan fingerprint density at radius 3 is 2.17 bits per heavy atom. The van der Waals surface area contributed by atoms with Crippen LogP contribution >= 0.6 is 12.6 Å². The summed E-state index contributed by atoms with van der Waals surface area (Å²) in [5.41, 5.74) is 0. The third kappa shape index (κ3) is 5.64. The van der Waals surface area contributed by atoms with Gasteiger partial charge < -0.3 is 0 Å². The summed E-state index contributed by atoms with van der Waals surface area (Å²) in [4.78, 5) is 0. The van der Waals surface area contributed by atoms with Gasteiger partial charge in [0.1, 0.15) is 0 Å². The van der Waals surface area contributed by atoms with Gasteiger partial charge in [-0.2, -0.15) is 0 Å². The predicted molar refractivity (Wildman–Crippen MR) is 27.9 cm³/mol. The van der Waals surface area contributed by atoms with Crippen molar-refractivity contribution in [1.82, 2.24) is 0 Å². The van der Waals surface area contributed by atoms with Gasteiger partial charge in [0.2, 0.25) is 0 Å². The van der Waals surface area contributed by atoms with Crippen molar-refractivity contribution >= 4 is 12.6 Å². The van der Waals surface area contributed by atoms with Crippen molar-refractivity contribution in [2.45, 2.75) is 15.2 Å². The zero-order valence-electron chi connectivity index (χ0n) is 3.61. The number of hydrogen-bond donors (Lipinski definition) is 1. The summed E-state index contributed by atoms with van der Waals surface area (Å²) in [5.74, 6) is 1.05. The molecule has 40 valence electrons. The van der Waals surface area contributed by atoms with E-state index in [9.17, 15) is 0 Å². The van der Waals surface area contributed by atoms with E-state index in [2.05, 4.69) is 49.3 Å². The van der Waals surface area contributed by atoms with Crippen molar-refractivity contribution in [3.8, 4) is 0 Å². The quantitative estimate of drug-likeness (QED) is 0.570. The molecule has 0 atom stereocenters. The van der Waals surface area contributed by atoms with Crippen LogP contribution in [0.5, 0.6) is 0 Å². The summed E-state index contributed by atoms with van der Waals surface area (Å²) in [6.07, 6.45) is 2.61. The van der Waals surface area contributed by atoms with Gasteiger partial charge in [-0.1, -0.05) is 0 Å². The van der Waals surface area contributed by atoms with E-state index in [1.807, 2.05) is 0 Å². The molecule has 0 aromatic rings. The molecule has 0 rings (SSSR count). The normalized spacial score (nSPS) is 9.17. The maximum atomic E-state index is 4.05. The molecule has 0 radical (unpaired) electrons. The van der Waals surface area contributed by atoms with E-state index in [1.165, 1.54) is 15.2 Å². The number of rotatable bonds is 3. The second-order valence-corrected chi connectivity index (χ2v) is 2.61. The summed E-state index contributed by atoms with van der Waals surface area (Å²) in [5, 5.41) is 0. The average molecular weight is 248 g/mol. The summed E-state index contributed by atoms with van der Waals surface area (Å²) in [6, 6.07) is 0. The molecule has 0 bridgehead atoms. The molecule has 0 nitrogen and oxygen atoms in total. The third-order valence-corrected chi connectivity index (χ3v) is 1.60. The van der Waals surface area contributed by atoms with E-state index >= 15 is 0 Å². The molecule has 2 heteroatoms. The molecule has 0 aromatic carbocycles. The average Bonchev–Trinajstić information content (AvgIpc) is 1.61. The second kappa shape index (κ2) is 6.64. The van der Waals surface area contributed by atoms with Crippen LogP contribution in [0.4, 0.5) is 0 Å². The van der Waals surface area contributed by atoms with E-state index in [-0.39, 0.29) is 0 Å². The van der Waals surface area contributed by atoms with Crippen molar-refractivity contribution in [3.63, 3.8) is 0 Å². The fourth-order valence-corrected chi connectivity index (χ4v) is 0.953. The van der Waals surface area contributed by atoms with E-state index in [0.717, 1.165) is 5.75 Å². The van der Waals surface area contributed by atoms with E-state index in [0.29, 0.717) is 0 Å². The number of thiol groups is 1. The zero-order valence-corrected chi connectivity index (χ0v) is 6.64. The summed E-state index contributed by atoms with van der Waals surface area (Å²) in [7, 11) is 0. The second-order valence-electron chi connectivity index (χ2n) is 1.10. The van der Waals surface area contributed by atoms with Crippen LogP contribution in [0, 0.1) is 36.6 Å². The zero-order chi connectivity index (χ0) is 4.83. The molecule has 0 amide bonds. The summed E-state index contributed by atoms with van der Waals surface area (Å²) >= 11 is 6.25. The van der Waals surface area contributed by atoms with E-state index in [4.69, 9.17) is 0 Å². The molecule has 6 heavy (non-hydrogen) atoms. The van der Waals surface area contributed by atoms with Crippen LogP contribution in [0.25, 0.3) is 0 Å². The third-order valence-electron chi connectivity index (χ3n) is 0.526. The summed E-state index contributed by atoms with van der Waals surface area (Å²) < 4.78 is 1.31. The van der Waals surface area contributed by atoms with Gasteiger partial charge in [0.05, 0.1) is 0 Å². The van der Waals surface area contributed by atoms with Crippen LogP contribution in [-0.4, -0.2) is 5.75 Å². The van der Waals surface area contributed by atoms with Gasteiger partial charge in [-0.3, -0.25) is 0 Å². The molecule has 0 saturated heterocycles. The molecule has 0 aromatic heterocycles. The molecule has 0 aliphatic carbocycles. The fourth-order valence-electron chi connectivity index (χ4n) is 0.195. The Kier molecular flexibility index (Phi) is 8.44. The first-order valence-corrected chi connectivity index (χ1v) is 4.20. The minimum atomic E-state index is 1.05. The Hall–Kier alpha value is 1.64. The first-order valence-electron chi connectivity index (χ1n) is 2.05. The van der Waals surface area contributed by atoms with Gasteiger partial charge in [-0.25, -0.2) is 0 Å². The molecule has 0 unspecified atom stereocenters. The Balaban J connectivity index is 2.34. The molecule has 0 N–H and O–H groups in total. The predicted octanol–water partition coefficient (Wildman–Crippen LogP) is 1.66. The SMILES string of the molecule is SCCC[CH2][Tb]. The van der Waals surface area contributed by atoms with Crippen LogP contribution in [0.2, 0.25) is 2.39 Å². The molecule has 0 fully saturated rings. The standard InChI is InChI=1S/C4H9S.Tb/c1-2-3-4-5;/h5H,1-4H2;. The topological polar surface area (TPSA) is 0 Å². The summed E-state index contributed by atoms with van der Waals surface area (Å²) in [6.45, 7) is 0. The van der Waals surface area contributed by atoms with Gasteiger partial charge in [0.15, 0.2) is 0 Å². The Bertz CT molecular complexity index is 19.5. The van der Waals surface area contributed by atoms with E-state index < -0.39 is 0 Å². The van der Waals surface area contributed by atoms with Crippen molar-refractivity contribution < 1.29 is 36.6 Å². The van der Waals surface area contributed by atoms with Crippen LogP contribution in [0.1, 0.15) is 12.8 Å².